The van der Waals surface area contributed by atoms with E-state index >= 15 is 0 Å². The topological polar surface area (TPSA) is 51.4 Å². The van der Waals surface area contributed by atoms with Crippen molar-refractivity contribution in [2.45, 2.75) is 27.0 Å². The Morgan fingerprint density at radius 3 is 2.78 bits per heavy atom. The zero-order chi connectivity index (χ0) is 16.8. The number of ether oxygens (including phenoxy) is 1. The molecule has 23 heavy (non-hydrogen) atoms. The Morgan fingerprint density at radius 2 is 2.13 bits per heavy atom. The number of halogens is 2. The Labute approximate surface area is 133 Å². The Hall–Kier alpha value is -2.28. The average molecular weight is 323 g/mol. The fraction of sp³-hybridized carbons (Fsp3) is 0.375. The summed E-state index contributed by atoms with van der Waals surface area (Å²) in [5.41, 5.74) is 1.40. The van der Waals surface area contributed by atoms with Crippen molar-refractivity contribution in [3.05, 3.63) is 42.3 Å². The van der Waals surface area contributed by atoms with E-state index in [1.54, 1.807) is 18.2 Å². The second-order valence-corrected chi connectivity index (χ2v) is 5.15. The summed E-state index contributed by atoms with van der Waals surface area (Å²) in [7, 11) is 0. The molecule has 7 heteroatoms. The van der Waals surface area contributed by atoms with Crippen molar-refractivity contribution in [2.75, 3.05) is 13.1 Å². The monoisotopic (exact) mass is 323 g/mol. The largest absolute Gasteiger partial charge is 0.434 e. The van der Waals surface area contributed by atoms with Gasteiger partial charge in [0.2, 0.25) is 11.7 Å². The lowest BCUT2D eigenvalue weighted by atomic mass is 10.2. The van der Waals surface area contributed by atoms with Gasteiger partial charge in [0.05, 0.1) is 12.1 Å². The van der Waals surface area contributed by atoms with E-state index in [0.29, 0.717) is 18.0 Å². The number of hydrogen-bond donors (Lipinski definition) is 0. The fourth-order valence-corrected chi connectivity index (χ4v) is 2.13. The van der Waals surface area contributed by atoms with Crippen molar-refractivity contribution in [1.29, 1.82) is 0 Å². The summed E-state index contributed by atoms with van der Waals surface area (Å²) in [6.45, 7) is 6.93. The quantitative estimate of drug-likeness (QED) is 0.693. The van der Waals surface area contributed by atoms with Gasteiger partial charge < -0.3 is 9.26 Å². The third kappa shape index (κ3) is 4.85. The van der Waals surface area contributed by atoms with Gasteiger partial charge in [-0.2, -0.15) is 13.8 Å². The molecule has 1 aromatic heterocycles. The molecule has 0 fully saturated rings. The maximum atomic E-state index is 12.5. The highest BCUT2D eigenvalue weighted by Gasteiger charge is 2.17. The summed E-state index contributed by atoms with van der Waals surface area (Å²) in [5, 5.41) is 3.86. The number of aromatic nitrogens is 2. The number of rotatable bonds is 8. The van der Waals surface area contributed by atoms with Crippen molar-refractivity contribution in [3.63, 3.8) is 0 Å². The lowest BCUT2D eigenvalue weighted by molar-refractivity contribution is -0.0494. The van der Waals surface area contributed by atoms with E-state index in [1.165, 1.54) is 6.07 Å². The average Bonchev–Trinajstić information content (AvgIpc) is 2.94. The molecule has 0 aliphatic heterocycles. The van der Waals surface area contributed by atoms with Gasteiger partial charge in [-0.15, -0.1) is 0 Å². The summed E-state index contributed by atoms with van der Waals surface area (Å²) in [4.78, 5) is 6.35. The second-order valence-electron chi connectivity index (χ2n) is 5.15. The van der Waals surface area contributed by atoms with E-state index in [9.17, 15) is 8.78 Å². The van der Waals surface area contributed by atoms with E-state index < -0.39 is 6.61 Å². The summed E-state index contributed by atoms with van der Waals surface area (Å²) in [6, 6.07) is 6.35. The molecule has 0 saturated carbocycles. The van der Waals surface area contributed by atoms with E-state index in [-0.39, 0.29) is 11.6 Å². The molecule has 124 valence electrons. The summed E-state index contributed by atoms with van der Waals surface area (Å²) >= 11 is 0. The maximum Gasteiger partial charge on any atom is 0.387 e. The van der Waals surface area contributed by atoms with Crippen molar-refractivity contribution >= 4 is 0 Å². The SMILES string of the molecule is C=C(C)CN(CC)Cc1nc(-c2ccccc2OC(F)F)no1. The van der Waals surface area contributed by atoms with Crippen LogP contribution in [0.1, 0.15) is 19.7 Å². The Balaban J connectivity index is 2.17. The molecular formula is C16H19F2N3O2. The first-order valence-electron chi connectivity index (χ1n) is 7.23. The van der Waals surface area contributed by atoms with Crippen LogP contribution in [0.4, 0.5) is 8.78 Å². The number of hydrogen-bond acceptors (Lipinski definition) is 5. The van der Waals surface area contributed by atoms with Crippen LogP contribution in [0.2, 0.25) is 0 Å². The predicted octanol–water partition coefficient (Wildman–Crippen LogP) is 3.74. The molecule has 0 amide bonds. The van der Waals surface area contributed by atoms with Gasteiger partial charge in [-0.1, -0.05) is 36.4 Å². The molecule has 1 aromatic carbocycles. The fourth-order valence-electron chi connectivity index (χ4n) is 2.13. The van der Waals surface area contributed by atoms with Crippen LogP contribution in [0, 0.1) is 0 Å². The summed E-state index contributed by atoms with van der Waals surface area (Å²) in [6.07, 6.45) is 0. The van der Waals surface area contributed by atoms with Crippen molar-refractivity contribution in [1.82, 2.24) is 15.0 Å². The van der Waals surface area contributed by atoms with E-state index in [0.717, 1.165) is 18.7 Å². The minimum Gasteiger partial charge on any atom is -0.434 e. The molecular weight excluding hydrogens is 304 g/mol. The van der Waals surface area contributed by atoms with Crippen LogP contribution in [0.25, 0.3) is 11.4 Å². The Bertz CT molecular complexity index is 658. The number of para-hydroxylation sites is 1. The van der Waals surface area contributed by atoms with E-state index in [1.807, 2.05) is 13.8 Å². The minimum absolute atomic E-state index is 0.0177. The van der Waals surface area contributed by atoms with Crippen molar-refractivity contribution < 1.29 is 18.0 Å². The van der Waals surface area contributed by atoms with Gasteiger partial charge in [0.15, 0.2) is 0 Å². The zero-order valence-electron chi connectivity index (χ0n) is 13.1. The first kappa shape index (κ1) is 17.1. The molecule has 1 heterocycles. The molecule has 0 radical (unpaired) electrons. The van der Waals surface area contributed by atoms with Gasteiger partial charge in [-0.05, 0) is 25.6 Å². The van der Waals surface area contributed by atoms with Crippen LogP contribution in [0.15, 0.2) is 40.9 Å². The molecule has 0 aliphatic carbocycles. The first-order chi connectivity index (χ1) is 11.0. The van der Waals surface area contributed by atoms with Crippen LogP contribution in [0.3, 0.4) is 0 Å². The molecule has 0 N–H and O–H groups in total. The highest BCUT2D eigenvalue weighted by molar-refractivity contribution is 5.63. The highest BCUT2D eigenvalue weighted by Crippen LogP contribution is 2.28. The van der Waals surface area contributed by atoms with Crippen LogP contribution in [-0.2, 0) is 6.54 Å². The Morgan fingerprint density at radius 1 is 1.39 bits per heavy atom. The molecule has 0 atom stereocenters. The third-order valence-corrected chi connectivity index (χ3v) is 3.11. The molecule has 0 saturated heterocycles. The lowest BCUT2D eigenvalue weighted by Gasteiger charge is -2.17. The Kier molecular flexibility index (Phi) is 5.81. The van der Waals surface area contributed by atoms with Crippen LogP contribution in [-0.4, -0.2) is 34.7 Å². The molecule has 5 nitrogen and oxygen atoms in total. The van der Waals surface area contributed by atoms with Crippen LogP contribution < -0.4 is 4.74 Å². The van der Waals surface area contributed by atoms with Gasteiger partial charge in [0.1, 0.15) is 5.75 Å². The number of nitrogens with zero attached hydrogens (tertiary/aromatic N) is 3. The van der Waals surface area contributed by atoms with Gasteiger partial charge in [-0.25, -0.2) is 0 Å². The number of likely N-dealkylation sites (N-methyl/N-ethyl adjacent to an activating group) is 1. The van der Waals surface area contributed by atoms with Gasteiger partial charge in [0, 0.05) is 6.54 Å². The highest BCUT2D eigenvalue weighted by atomic mass is 19.3. The van der Waals surface area contributed by atoms with Gasteiger partial charge >= 0.3 is 6.61 Å². The molecule has 2 rings (SSSR count). The molecule has 0 spiro atoms. The predicted molar refractivity (Wildman–Crippen MR) is 82.1 cm³/mol. The molecule has 0 bridgehead atoms. The third-order valence-electron chi connectivity index (χ3n) is 3.11. The van der Waals surface area contributed by atoms with Crippen molar-refractivity contribution in [3.8, 4) is 17.1 Å². The normalized spacial score (nSPS) is 11.2. The molecule has 0 aliphatic rings. The standard InChI is InChI=1S/C16H19F2N3O2/c1-4-21(9-11(2)3)10-14-19-15(20-23-14)12-7-5-6-8-13(12)22-16(17)18/h5-8,16H,2,4,9-10H2,1,3H3. The van der Waals surface area contributed by atoms with Gasteiger partial charge in [0.25, 0.3) is 0 Å². The van der Waals surface area contributed by atoms with Crippen LogP contribution >= 0.6 is 0 Å². The smallest absolute Gasteiger partial charge is 0.387 e. The molecule has 0 unspecified atom stereocenters. The zero-order valence-corrected chi connectivity index (χ0v) is 13.1. The van der Waals surface area contributed by atoms with E-state index in [4.69, 9.17) is 4.52 Å². The number of benzene rings is 1. The van der Waals surface area contributed by atoms with Crippen LogP contribution in [0.5, 0.6) is 5.75 Å². The van der Waals surface area contributed by atoms with E-state index in [2.05, 4.69) is 26.4 Å². The maximum absolute atomic E-state index is 12.5. The van der Waals surface area contributed by atoms with Crippen molar-refractivity contribution in [2.24, 2.45) is 0 Å². The second kappa shape index (κ2) is 7.82. The molecule has 2 aromatic rings. The summed E-state index contributed by atoms with van der Waals surface area (Å²) < 4.78 is 34.6. The lowest BCUT2D eigenvalue weighted by Crippen LogP contribution is -2.24. The number of alkyl halides is 2. The summed E-state index contributed by atoms with van der Waals surface area (Å²) in [5.74, 6) is 0.654. The van der Waals surface area contributed by atoms with Gasteiger partial charge in [-0.3, -0.25) is 4.90 Å². The minimum atomic E-state index is -2.91. The first-order valence-corrected chi connectivity index (χ1v) is 7.23.